The van der Waals surface area contributed by atoms with E-state index in [-0.39, 0.29) is 35.1 Å². The Morgan fingerprint density at radius 1 is 1.42 bits per heavy atom. The summed E-state index contributed by atoms with van der Waals surface area (Å²) < 4.78 is 15.9. The number of rotatable bonds is 7. The van der Waals surface area contributed by atoms with Crippen LogP contribution in [-0.2, 0) is 20.0 Å². The maximum absolute atomic E-state index is 12.7. The molecule has 0 aliphatic carbocycles. The fraction of sp³-hybridized carbons (Fsp3) is 0.238. The van der Waals surface area contributed by atoms with Gasteiger partial charge >= 0.3 is 5.97 Å². The number of hydrogen-bond acceptors (Lipinski definition) is 9. The number of non-ortho nitro benzene ring substituents is 1. The molecule has 0 saturated carbocycles. The molecule has 160 valence electrons. The van der Waals surface area contributed by atoms with E-state index in [0.29, 0.717) is 22.0 Å². The molecule has 0 spiro atoms. The summed E-state index contributed by atoms with van der Waals surface area (Å²) >= 11 is 1.36. The van der Waals surface area contributed by atoms with Crippen molar-refractivity contribution in [3.63, 3.8) is 0 Å². The largest absolute Gasteiger partial charge is 0.468 e. The molecule has 1 unspecified atom stereocenters. The van der Waals surface area contributed by atoms with Crippen LogP contribution in [0.5, 0.6) is 0 Å². The number of allylic oxidation sites excluding steroid dienone is 2. The lowest BCUT2D eigenvalue weighted by Crippen LogP contribution is -2.26. The molecular weight excluding hydrogens is 422 g/mol. The fourth-order valence-electron chi connectivity index (χ4n) is 3.22. The maximum atomic E-state index is 12.7. The van der Waals surface area contributed by atoms with Gasteiger partial charge in [-0.3, -0.25) is 10.1 Å². The highest BCUT2D eigenvalue weighted by Gasteiger charge is 2.38. The summed E-state index contributed by atoms with van der Waals surface area (Å²) in [4.78, 5) is 24.3. The monoisotopic (exact) mass is 441 g/mol. The number of ether oxygens (including phenoxy) is 2. The second kappa shape index (κ2) is 9.40. The minimum Gasteiger partial charge on any atom is -0.468 e. The second-order valence-electron chi connectivity index (χ2n) is 6.46. The number of nitrogens with two attached hydrogens (primary N) is 1. The van der Waals surface area contributed by atoms with Crippen molar-refractivity contribution in [2.24, 2.45) is 5.73 Å². The standard InChI is InChI=1S/C21H19N3O6S/c1-3-28-21(25)18-12(2)30-20(23)16(10-22)19(18)15-9-13(24(26)27)6-7-17(15)31-11-14-5-4-8-29-14/h4-9,19H,3,11,23H2,1-2H3. The van der Waals surface area contributed by atoms with Gasteiger partial charge in [0, 0.05) is 17.0 Å². The zero-order valence-electron chi connectivity index (χ0n) is 16.8. The van der Waals surface area contributed by atoms with Gasteiger partial charge in [0.2, 0.25) is 5.88 Å². The van der Waals surface area contributed by atoms with Gasteiger partial charge in [0.1, 0.15) is 23.2 Å². The number of furan rings is 1. The van der Waals surface area contributed by atoms with Crippen molar-refractivity contribution in [2.45, 2.75) is 30.4 Å². The lowest BCUT2D eigenvalue weighted by molar-refractivity contribution is -0.385. The molecule has 1 aliphatic rings. The molecule has 2 heterocycles. The van der Waals surface area contributed by atoms with Gasteiger partial charge in [-0.05, 0) is 37.6 Å². The van der Waals surface area contributed by atoms with Gasteiger partial charge in [-0.1, -0.05) is 0 Å². The van der Waals surface area contributed by atoms with Crippen LogP contribution in [0, 0.1) is 21.4 Å². The lowest BCUT2D eigenvalue weighted by atomic mass is 9.83. The number of carbonyl (C=O) groups is 1. The molecule has 0 amide bonds. The Bertz CT molecular complexity index is 1110. The zero-order valence-corrected chi connectivity index (χ0v) is 17.6. The highest BCUT2D eigenvalue weighted by molar-refractivity contribution is 7.98. The Balaban J connectivity index is 2.17. The third-order valence-corrected chi connectivity index (χ3v) is 5.68. The van der Waals surface area contributed by atoms with Gasteiger partial charge in [-0.25, -0.2) is 4.79 Å². The van der Waals surface area contributed by atoms with Crippen LogP contribution >= 0.6 is 11.8 Å². The molecule has 1 aliphatic heterocycles. The Morgan fingerprint density at radius 2 is 2.19 bits per heavy atom. The molecule has 9 nitrogen and oxygen atoms in total. The molecule has 2 aromatic rings. The van der Waals surface area contributed by atoms with Gasteiger partial charge in [0.05, 0.1) is 35.0 Å². The van der Waals surface area contributed by atoms with Crippen LogP contribution in [0.2, 0.25) is 0 Å². The summed E-state index contributed by atoms with van der Waals surface area (Å²) in [6.45, 7) is 3.30. The van der Waals surface area contributed by atoms with E-state index in [0.717, 1.165) is 0 Å². The summed E-state index contributed by atoms with van der Waals surface area (Å²) in [5.74, 6) is -0.496. The van der Waals surface area contributed by atoms with E-state index in [2.05, 4.69) is 0 Å². The summed E-state index contributed by atoms with van der Waals surface area (Å²) in [6, 6.07) is 9.84. The van der Waals surface area contributed by atoms with Gasteiger partial charge in [-0.15, -0.1) is 11.8 Å². The first-order valence-electron chi connectivity index (χ1n) is 9.26. The van der Waals surface area contributed by atoms with Crippen LogP contribution in [-0.4, -0.2) is 17.5 Å². The lowest BCUT2D eigenvalue weighted by Gasteiger charge is -2.28. The predicted octanol–water partition coefficient (Wildman–Crippen LogP) is 4.12. The van der Waals surface area contributed by atoms with E-state index in [1.54, 1.807) is 31.4 Å². The molecule has 0 fully saturated rings. The molecule has 3 rings (SSSR count). The number of hydrogen-bond donors (Lipinski definition) is 1. The van der Waals surface area contributed by atoms with Crippen LogP contribution in [0.1, 0.15) is 31.1 Å². The first kappa shape index (κ1) is 22.0. The summed E-state index contributed by atoms with van der Waals surface area (Å²) in [7, 11) is 0. The average molecular weight is 441 g/mol. The number of esters is 1. The number of carbonyl (C=O) groups excluding carboxylic acids is 1. The zero-order chi connectivity index (χ0) is 22.5. The van der Waals surface area contributed by atoms with Crippen molar-refractivity contribution >= 4 is 23.4 Å². The van der Waals surface area contributed by atoms with Crippen LogP contribution in [0.15, 0.2) is 68.7 Å². The van der Waals surface area contributed by atoms with E-state index in [9.17, 15) is 20.2 Å². The van der Waals surface area contributed by atoms with Crippen LogP contribution < -0.4 is 5.73 Å². The van der Waals surface area contributed by atoms with Gasteiger partial charge in [-0.2, -0.15) is 5.26 Å². The van der Waals surface area contributed by atoms with Crippen molar-refractivity contribution in [3.8, 4) is 6.07 Å². The predicted molar refractivity (Wildman–Crippen MR) is 111 cm³/mol. The molecule has 31 heavy (non-hydrogen) atoms. The van der Waals surface area contributed by atoms with E-state index in [1.807, 2.05) is 6.07 Å². The molecule has 0 saturated heterocycles. The number of nitriles is 1. The first-order chi connectivity index (χ1) is 14.9. The first-order valence-corrected chi connectivity index (χ1v) is 10.2. The van der Waals surface area contributed by atoms with E-state index >= 15 is 0 Å². The summed E-state index contributed by atoms with van der Waals surface area (Å²) in [6.07, 6.45) is 1.55. The molecule has 0 radical (unpaired) electrons. The molecule has 0 bridgehead atoms. The van der Waals surface area contributed by atoms with Gasteiger partial charge in [0.25, 0.3) is 5.69 Å². The summed E-state index contributed by atoms with van der Waals surface area (Å²) in [5.41, 5.74) is 6.20. The minimum absolute atomic E-state index is 0.0194. The fourth-order valence-corrected chi connectivity index (χ4v) is 4.19. The van der Waals surface area contributed by atoms with Crippen molar-refractivity contribution in [3.05, 3.63) is 80.8 Å². The highest BCUT2D eigenvalue weighted by Crippen LogP contribution is 2.44. The van der Waals surface area contributed by atoms with Crippen LogP contribution in [0.3, 0.4) is 0 Å². The number of nitro groups is 1. The molecule has 1 aromatic heterocycles. The Hall–Kier alpha value is -3.71. The maximum Gasteiger partial charge on any atom is 0.338 e. The quantitative estimate of drug-likeness (QED) is 0.290. The number of nitrogens with zero attached hydrogens (tertiary/aromatic N) is 2. The second-order valence-corrected chi connectivity index (χ2v) is 7.48. The molecule has 1 aromatic carbocycles. The summed E-state index contributed by atoms with van der Waals surface area (Å²) in [5, 5.41) is 21.2. The smallest absolute Gasteiger partial charge is 0.338 e. The Morgan fingerprint density at radius 3 is 2.81 bits per heavy atom. The number of benzene rings is 1. The van der Waals surface area contributed by atoms with Crippen LogP contribution in [0.25, 0.3) is 0 Å². The topological polar surface area (TPSA) is 142 Å². The van der Waals surface area contributed by atoms with Crippen molar-refractivity contribution in [1.82, 2.24) is 0 Å². The molecule has 1 atom stereocenters. The Kier molecular flexibility index (Phi) is 6.67. The molecular formula is C21H19N3O6S. The van der Waals surface area contributed by atoms with Crippen molar-refractivity contribution < 1.29 is 23.6 Å². The SMILES string of the molecule is CCOC(=O)C1=C(C)OC(N)=C(C#N)C1c1cc([N+](=O)[O-])ccc1SCc1ccco1. The van der Waals surface area contributed by atoms with Crippen molar-refractivity contribution in [2.75, 3.05) is 6.61 Å². The van der Waals surface area contributed by atoms with E-state index < -0.39 is 16.8 Å². The molecule has 2 N–H and O–H groups in total. The Labute approximate surface area is 182 Å². The van der Waals surface area contributed by atoms with Gasteiger partial charge in [0.15, 0.2) is 0 Å². The third-order valence-electron chi connectivity index (χ3n) is 4.57. The molecule has 10 heteroatoms. The third kappa shape index (κ3) is 4.57. The highest BCUT2D eigenvalue weighted by atomic mass is 32.2. The minimum atomic E-state index is -0.975. The van der Waals surface area contributed by atoms with Crippen molar-refractivity contribution in [1.29, 1.82) is 5.26 Å². The van der Waals surface area contributed by atoms with E-state index in [1.165, 1.54) is 30.8 Å². The van der Waals surface area contributed by atoms with Gasteiger partial charge < -0.3 is 19.6 Å². The normalized spacial score (nSPS) is 16.0. The average Bonchev–Trinajstić information content (AvgIpc) is 3.25. The van der Waals surface area contributed by atoms with E-state index in [4.69, 9.17) is 19.6 Å². The van der Waals surface area contributed by atoms with Crippen LogP contribution in [0.4, 0.5) is 5.69 Å². The number of nitro benzene ring substituents is 1. The number of thioether (sulfide) groups is 1.